The fourth-order valence-corrected chi connectivity index (χ4v) is 3.52. The van der Waals surface area contributed by atoms with Crippen molar-refractivity contribution < 1.29 is 4.79 Å². The van der Waals surface area contributed by atoms with Gasteiger partial charge in [-0.1, -0.05) is 0 Å². The van der Waals surface area contributed by atoms with E-state index in [2.05, 4.69) is 27.0 Å². The molecule has 0 radical (unpaired) electrons. The molecule has 1 amide bonds. The summed E-state index contributed by atoms with van der Waals surface area (Å²) in [5.41, 5.74) is 1.54. The zero-order valence-corrected chi connectivity index (χ0v) is 12.2. The summed E-state index contributed by atoms with van der Waals surface area (Å²) < 4.78 is 1.82. The van der Waals surface area contributed by atoms with Crippen LogP contribution in [0.4, 0.5) is 0 Å². The predicted molar refractivity (Wildman–Crippen MR) is 78.1 cm³/mol. The molecular weight excluding hydrogens is 266 g/mol. The Balaban J connectivity index is 1.59. The maximum atomic E-state index is 12.8. The minimum Gasteiger partial charge on any atom is -0.333 e. The molecule has 0 aliphatic carbocycles. The Bertz CT molecular complexity index is 686. The van der Waals surface area contributed by atoms with Crippen molar-refractivity contribution in [3.05, 3.63) is 30.2 Å². The summed E-state index contributed by atoms with van der Waals surface area (Å²) in [5.74, 6) is 0.135. The van der Waals surface area contributed by atoms with E-state index < -0.39 is 0 Å². The number of hydrogen-bond donors (Lipinski definition) is 0. The Morgan fingerprint density at radius 3 is 2.71 bits per heavy atom. The van der Waals surface area contributed by atoms with Crippen molar-refractivity contribution in [3.63, 3.8) is 0 Å². The third-order valence-corrected chi connectivity index (χ3v) is 5.08. The average molecular weight is 285 g/mol. The summed E-state index contributed by atoms with van der Waals surface area (Å²) in [7, 11) is 2.15. The molecule has 2 aliphatic heterocycles. The lowest BCUT2D eigenvalue weighted by molar-refractivity contribution is -0.0350. The average Bonchev–Trinajstić information content (AvgIpc) is 2.94. The number of aromatic nitrogens is 3. The second-order valence-corrected chi connectivity index (χ2v) is 6.25. The quantitative estimate of drug-likeness (QED) is 0.785. The van der Waals surface area contributed by atoms with E-state index in [9.17, 15) is 4.79 Å². The summed E-state index contributed by atoms with van der Waals surface area (Å²) in [5, 5.41) is 7.87. The van der Waals surface area contributed by atoms with Crippen LogP contribution in [0.1, 0.15) is 29.6 Å². The Labute approximate surface area is 123 Å². The first-order chi connectivity index (χ1) is 10.2. The first kappa shape index (κ1) is 12.8. The number of rotatable bonds is 1. The van der Waals surface area contributed by atoms with Gasteiger partial charge in [-0.2, -0.15) is 0 Å². The Morgan fingerprint density at radius 1 is 1.24 bits per heavy atom. The van der Waals surface area contributed by atoms with Crippen molar-refractivity contribution in [2.75, 3.05) is 26.7 Å². The molecule has 0 saturated carbocycles. The zero-order chi connectivity index (χ0) is 14.4. The van der Waals surface area contributed by atoms with Gasteiger partial charge in [0.2, 0.25) is 0 Å². The number of pyridine rings is 1. The van der Waals surface area contributed by atoms with Gasteiger partial charge in [-0.05, 0) is 38.4 Å². The van der Waals surface area contributed by atoms with Crippen LogP contribution in [0.3, 0.4) is 0 Å². The number of hydrogen-bond acceptors (Lipinski definition) is 4. The molecule has 4 rings (SSSR count). The number of likely N-dealkylation sites (tertiary alicyclic amines) is 2. The monoisotopic (exact) mass is 285 g/mol. The standard InChI is InChI=1S/C15H19N5O/c1-18-7-3-15(4-8-18)5-9-20(15)14(21)12-2-6-19-11-16-17-13(19)10-12/h2,6,10-11H,3-5,7-9H2,1H3. The van der Waals surface area contributed by atoms with Gasteiger partial charge in [0, 0.05) is 36.9 Å². The van der Waals surface area contributed by atoms with E-state index in [0.717, 1.165) is 44.5 Å². The molecule has 2 aromatic heterocycles. The first-order valence-electron chi connectivity index (χ1n) is 7.48. The van der Waals surface area contributed by atoms with Crippen LogP contribution in [0.5, 0.6) is 0 Å². The third kappa shape index (κ3) is 1.93. The van der Waals surface area contributed by atoms with Gasteiger partial charge in [0.15, 0.2) is 5.65 Å². The van der Waals surface area contributed by atoms with Crippen molar-refractivity contribution in [1.82, 2.24) is 24.4 Å². The fourth-order valence-electron chi connectivity index (χ4n) is 3.52. The topological polar surface area (TPSA) is 53.7 Å². The number of amides is 1. The molecule has 0 unspecified atom stereocenters. The highest BCUT2D eigenvalue weighted by Crippen LogP contribution is 2.40. The van der Waals surface area contributed by atoms with Crippen LogP contribution in [-0.4, -0.2) is 62.5 Å². The van der Waals surface area contributed by atoms with E-state index in [-0.39, 0.29) is 11.4 Å². The summed E-state index contributed by atoms with van der Waals surface area (Å²) in [4.78, 5) is 17.2. The Morgan fingerprint density at radius 2 is 2.00 bits per heavy atom. The van der Waals surface area contributed by atoms with Gasteiger partial charge >= 0.3 is 0 Å². The SMILES string of the molecule is CN1CCC2(CC1)CCN2C(=O)c1ccn2cnnc2c1. The van der Waals surface area contributed by atoms with Crippen LogP contribution in [0, 0.1) is 0 Å². The van der Waals surface area contributed by atoms with Gasteiger partial charge in [-0.25, -0.2) is 0 Å². The predicted octanol–water partition coefficient (Wildman–Crippen LogP) is 1.04. The number of piperidine rings is 1. The van der Waals surface area contributed by atoms with Gasteiger partial charge in [-0.3, -0.25) is 9.20 Å². The molecule has 6 nitrogen and oxygen atoms in total. The van der Waals surface area contributed by atoms with Crippen LogP contribution in [0.2, 0.25) is 0 Å². The van der Waals surface area contributed by atoms with Crippen LogP contribution in [0.15, 0.2) is 24.7 Å². The molecule has 2 aliphatic rings. The third-order valence-electron chi connectivity index (χ3n) is 5.08. The Hall–Kier alpha value is -1.95. The summed E-state index contributed by atoms with van der Waals surface area (Å²) >= 11 is 0. The maximum absolute atomic E-state index is 12.8. The summed E-state index contributed by atoms with van der Waals surface area (Å²) in [6.07, 6.45) is 6.81. The molecule has 0 aromatic carbocycles. The number of carbonyl (C=O) groups excluding carboxylic acids is 1. The van der Waals surface area contributed by atoms with Crippen molar-refractivity contribution in [2.45, 2.75) is 24.8 Å². The molecule has 2 saturated heterocycles. The molecule has 1 spiro atoms. The lowest BCUT2D eigenvalue weighted by atomic mass is 9.76. The lowest BCUT2D eigenvalue weighted by Crippen LogP contribution is -2.65. The maximum Gasteiger partial charge on any atom is 0.254 e. The minimum absolute atomic E-state index is 0.101. The molecule has 0 bridgehead atoms. The second-order valence-electron chi connectivity index (χ2n) is 6.25. The largest absolute Gasteiger partial charge is 0.333 e. The smallest absolute Gasteiger partial charge is 0.254 e. The minimum atomic E-state index is 0.101. The molecule has 2 aromatic rings. The number of nitrogens with zero attached hydrogens (tertiary/aromatic N) is 5. The van der Waals surface area contributed by atoms with Gasteiger partial charge in [0.05, 0.1) is 0 Å². The van der Waals surface area contributed by atoms with Crippen molar-refractivity contribution in [3.8, 4) is 0 Å². The van der Waals surface area contributed by atoms with Gasteiger partial charge in [0.25, 0.3) is 5.91 Å². The molecule has 6 heteroatoms. The van der Waals surface area contributed by atoms with E-state index in [4.69, 9.17) is 0 Å². The lowest BCUT2D eigenvalue weighted by Gasteiger charge is -2.56. The van der Waals surface area contributed by atoms with Gasteiger partial charge in [-0.15, -0.1) is 10.2 Å². The molecular formula is C15H19N5O. The van der Waals surface area contributed by atoms with Crippen LogP contribution in [0.25, 0.3) is 5.65 Å². The normalized spacial score (nSPS) is 21.7. The molecule has 2 fully saturated rings. The van der Waals surface area contributed by atoms with Crippen molar-refractivity contribution >= 4 is 11.6 Å². The molecule has 0 N–H and O–H groups in total. The first-order valence-corrected chi connectivity index (χ1v) is 7.48. The summed E-state index contributed by atoms with van der Waals surface area (Å²) in [6.45, 7) is 3.03. The van der Waals surface area contributed by atoms with Gasteiger partial charge in [0.1, 0.15) is 6.33 Å². The van der Waals surface area contributed by atoms with E-state index in [0.29, 0.717) is 5.56 Å². The molecule has 4 heterocycles. The van der Waals surface area contributed by atoms with E-state index in [1.54, 1.807) is 6.33 Å². The van der Waals surface area contributed by atoms with Crippen molar-refractivity contribution in [2.24, 2.45) is 0 Å². The van der Waals surface area contributed by atoms with Crippen molar-refractivity contribution in [1.29, 1.82) is 0 Å². The van der Waals surface area contributed by atoms with Crippen LogP contribution >= 0.6 is 0 Å². The number of carbonyl (C=O) groups is 1. The van der Waals surface area contributed by atoms with E-state index >= 15 is 0 Å². The zero-order valence-electron chi connectivity index (χ0n) is 12.2. The van der Waals surface area contributed by atoms with Crippen LogP contribution in [-0.2, 0) is 0 Å². The summed E-state index contributed by atoms with van der Waals surface area (Å²) in [6, 6.07) is 3.69. The van der Waals surface area contributed by atoms with E-state index in [1.165, 1.54) is 0 Å². The highest BCUT2D eigenvalue weighted by Gasteiger charge is 2.48. The highest BCUT2D eigenvalue weighted by atomic mass is 16.2. The Kier molecular flexibility index (Phi) is 2.75. The van der Waals surface area contributed by atoms with Gasteiger partial charge < -0.3 is 9.80 Å². The number of fused-ring (bicyclic) bond motifs is 1. The molecule has 0 atom stereocenters. The fraction of sp³-hybridized carbons (Fsp3) is 0.533. The van der Waals surface area contributed by atoms with Crippen LogP contribution < -0.4 is 0 Å². The van der Waals surface area contributed by atoms with E-state index in [1.807, 2.05) is 22.7 Å². The second kappa shape index (κ2) is 4.53. The molecule has 21 heavy (non-hydrogen) atoms. The molecule has 110 valence electrons. The highest BCUT2D eigenvalue weighted by molar-refractivity contribution is 5.96.